The predicted octanol–water partition coefficient (Wildman–Crippen LogP) is 3.94. The molecular weight excluding hydrogens is 420 g/mol. The van der Waals surface area contributed by atoms with Gasteiger partial charge in [-0.05, 0) is 48.4 Å². The smallest absolute Gasteiger partial charge is 0.407 e. The fourth-order valence-electron chi connectivity index (χ4n) is 4.69. The van der Waals surface area contributed by atoms with Crippen LogP contribution in [0.5, 0.6) is 0 Å². The molecule has 0 atom stereocenters. The minimum Gasteiger partial charge on any atom is -0.479 e. The van der Waals surface area contributed by atoms with Crippen LogP contribution in [0.25, 0.3) is 11.1 Å². The van der Waals surface area contributed by atoms with Crippen LogP contribution in [-0.2, 0) is 14.3 Å². The van der Waals surface area contributed by atoms with Crippen molar-refractivity contribution in [3.8, 4) is 11.1 Å². The number of hydrogen-bond donors (Lipinski definition) is 2. The number of carbonyl (C=O) groups excluding carboxylic acids is 2. The number of carboxylic acid groups (broad SMARTS) is 1. The number of carboxylic acids is 1. The summed E-state index contributed by atoms with van der Waals surface area (Å²) in [6.07, 6.45) is 2.71. The summed E-state index contributed by atoms with van der Waals surface area (Å²) in [6.45, 7) is 1.94. The molecule has 2 aliphatic carbocycles. The van der Waals surface area contributed by atoms with E-state index in [0.717, 1.165) is 28.7 Å². The second-order valence-corrected chi connectivity index (χ2v) is 8.65. The fraction of sp³-hybridized carbons (Fsp3) is 0.346. The van der Waals surface area contributed by atoms with Gasteiger partial charge >= 0.3 is 12.1 Å². The van der Waals surface area contributed by atoms with Crippen molar-refractivity contribution in [2.45, 2.75) is 37.6 Å². The van der Waals surface area contributed by atoms with E-state index in [2.05, 4.69) is 29.6 Å². The predicted molar refractivity (Wildman–Crippen MR) is 124 cm³/mol. The Morgan fingerprint density at radius 1 is 1.09 bits per heavy atom. The molecule has 0 bridgehead atoms. The van der Waals surface area contributed by atoms with Crippen LogP contribution in [-0.4, -0.2) is 53.7 Å². The van der Waals surface area contributed by atoms with Crippen molar-refractivity contribution in [2.24, 2.45) is 0 Å². The number of benzene rings is 2. The quantitative estimate of drug-likeness (QED) is 0.626. The van der Waals surface area contributed by atoms with Gasteiger partial charge in [-0.2, -0.15) is 0 Å². The number of aliphatic carboxylic acids is 1. The maximum Gasteiger partial charge on any atom is 0.407 e. The van der Waals surface area contributed by atoms with Crippen LogP contribution in [0, 0.1) is 0 Å². The summed E-state index contributed by atoms with van der Waals surface area (Å²) in [5, 5.41) is 12.2. The van der Waals surface area contributed by atoms with Gasteiger partial charge in [0.15, 0.2) is 0 Å². The molecule has 0 aromatic heterocycles. The van der Waals surface area contributed by atoms with Gasteiger partial charge in [0.2, 0.25) is 5.91 Å². The Labute approximate surface area is 193 Å². The molecule has 4 rings (SSSR count). The van der Waals surface area contributed by atoms with Crippen molar-refractivity contribution in [1.82, 2.24) is 10.2 Å². The van der Waals surface area contributed by atoms with Crippen LogP contribution < -0.4 is 5.32 Å². The van der Waals surface area contributed by atoms with Crippen molar-refractivity contribution in [3.63, 3.8) is 0 Å². The molecule has 0 saturated heterocycles. The summed E-state index contributed by atoms with van der Waals surface area (Å²) >= 11 is 0. The fourth-order valence-corrected chi connectivity index (χ4v) is 4.69. The number of nitrogens with zero attached hydrogens (tertiary/aromatic N) is 1. The topological polar surface area (TPSA) is 95.9 Å². The van der Waals surface area contributed by atoms with E-state index in [4.69, 9.17) is 4.74 Å². The molecule has 0 spiro atoms. The molecule has 2 amide bonds. The normalized spacial score (nSPS) is 16.2. The third-order valence-electron chi connectivity index (χ3n) is 6.86. The standard InChI is InChI=1S/C26H28N2O5/c1-17(23(29)28(2)26(24(30)31)13-7-14-26)12-15-27-25(32)33-16-22-20-10-5-3-8-18(20)19-9-4-6-11-21(19)22/h3-6,8-12,22H,7,13-16H2,1-2H3,(H,27,32)(H,30,31)/b17-12+. The van der Waals surface area contributed by atoms with Crippen LogP contribution in [0.2, 0.25) is 0 Å². The number of amides is 2. The zero-order chi connectivity index (χ0) is 23.6. The van der Waals surface area contributed by atoms with Gasteiger partial charge in [0, 0.05) is 25.1 Å². The van der Waals surface area contributed by atoms with Crippen molar-refractivity contribution in [2.75, 3.05) is 20.2 Å². The molecule has 2 N–H and O–H groups in total. The highest BCUT2D eigenvalue weighted by molar-refractivity contribution is 5.97. The summed E-state index contributed by atoms with van der Waals surface area (Å²) < 4.78 is 5.49. The molecule has 33 heavy (non-hydrogen) atoms. The molecule has 172 valence electrons. The minimum absolute atomic E-state index is 0.0228. The molecule has 2 aromatic rings. The Morgan fingerprint density at radius 3 is 2.18 bits per heavy atom. The zero-order valence-electron chi connectivity index (χ0n) is 18.8. The van der Waals surface area contributed by atoms with Crippen molar-refractivity contribution in [1.29, 1.82) is 0 Å². The molecule has 2 aromatic carbocycles. The largest absolute Gasteiger partial charge is 0.479 e. The second-order valence-electron chi connectivity index (χ2n) is 8.65. The van der Waals surface area contributed by atoms with Gasteiger partial charge in [0.25, 0.3) is 0 Å². The highest BCUT2D eigenvalue weighted by Gasteiger charge is 2.49. The van der Waals surface area contributed by atoms with E-state index in [1.807, 2.05) is 24.3 Å². The number of fused-ring (bicyclic) bond motifs is 3. The molecule has 0 heterocycles. The van der Waals surface area contributed by atoms with Crippen LogP contribution >= 0.6 is 0 Å². The van der Waals surface area contributed by atoms with Crippen molar-refractivity contribution < 1.29 is 24.2 Å². The first-order chi connectivity index (χ1) is 15.8. The van der Waals surface area contributed by atoms with Crippen LogP contribution in [0.3, 0.4) is 0 Å². The van der Waals surface area contributed by atoms with Gasteiger partial charge in [0.1, 0.15) is 12.1 Å². The van der Waals surface area contributed by atoms with E-state index in [-0.39, 0.29) is 25.0 Å². The van der Waals surface area contributed by atoms with Gasteiger partial charge in [-0.15, -0.1) is 0 Å². The first-order valence-corrected chi connectivity index (χ1v) is 11.1. The Bertz CT molecular complexity index is 1070. The Morgan fingerprint density at radius 2 is 1.67 bits per heavy atom. The van der Waals surface area contributed by atoms with Crippen molar-refractivity contribution >= 4 is 18.0 Å². The molecular formula is C26H28N2O5. The summed E-state index contributed by atoms with van der Waals surface area (Å²) in [5.41, 5.74) is 3.86. The Hall–Kier alpha value is -3.61. The Balaban J connectivity index is 1.32. The minimum atomic E-state index is -1.12. The first kappa shape index (κ1) is 22.6. The average Bonchev–Trinajstić information content (AvgIpc) is 3.09. The van der Waals surface area contributed by atoms with E-state index in [9.17, 15) is 19.5 Å². The van der Waals surface area contributed by atoms with Gasteiger partial charge < -0.3 is 20.1 Å². The number of carbonyl (C=O) groups is 3. The van der Waals surface area contributed by atoms with Gasteiger partial charge in [-0.1, -0.05) is 54.6 Å². The SMILES string of the molecule is C/C(=C\CNC(=O)OCC1c2ccccc2-c2ccccc21)C(=O)N(C)C1(C(=O)O)CCC1. The van der Waals surface area contributed by atoms with Gasteiger partial charge in [-0.25, -0.2) is 9.59 Å². The summed E-state index contributed by atoms with van der Waals surface area (Å²) in [7, 11) is 1.52. The van der Waals surface area contributed by atoms with E-state index in [1.165, 1.54) is 11.9 Å². The summed E-state index contributed by atoms with van der Waals surface area (Å²) in [4.78, 5) is 37.9. The molecule has 0 radical (unpaired) electrons. The van der Waals surface area contributed by atoms with Gasteiger partial charge in [-0.3, -0.25) is 4.79 Å². The third kappa shape index (κ3) is 4.11. The molecule has 1 fully saturated rings. The van der Waals surface area contributed by atoms with E-state index in [1.54, 1.807) is 13.0 Å². The molecule has 1 saturated carbocycles. The lowest BCUT2D eigenvalue weighted by Gasteiger charge is -2.45. The number of ether oxygens (including phenoxy) is 1. The molecule has 7 nitrogen and oxygen atoms in total. The highest BCUT2D eigenvalue weighted by Crippen LogP contribution is 2.44. The zero-order valence-corrected chi connectivity index (χ0v) is 18.8. The Kier molecular flexibility index (Phi) is 6.22. The number of likely N-dealkylation sites (N-methyl/N-ethyl adjacent to an activating group) is 1. The average molecular weight is 449 g/mol. The number of nitrogens with one attached hydrogen (secondary N) is 1. The maximum absolute atomic E-state index is 12.6. The number of hydrogen-bond acceptors (Lipinski definition) is 4. The first-order valence-electron chi connectivity index (χ1n) is 11.1. The van der Waals surface area contributed by atoms with Crippen molar-refractivity contribution in [3.05, 3.63) is 71.3 Å². The highest BCUT2D eigenvalue weighted by atomic mass is 16.5. The lowest BCUT2D eigenvalue weighted by Crippen LogP contribution is -2.59. The molecule has 0 aliphatic heterocycles. The van der Waals surface area contributed by atoms with Gasteiger partial charge in [0.05, 0.1) is 0 Å². The third-order valence-corrected chi connectivity index (χ3v) is 6.86. The van der Waals surface area contributed by atoms with Crippen LogP contribution in [0.1, 0.15) is 43.2 Å². The monoisotopic (exact) mass is 448 g/mol. The number of alkyl carbamates (subject to hydrolysis) is 1. The maximum atomic E-state index is 12.6. The van der Waals surface area contributed by atoms with Crippen LogP contribution in [0.4, 0.5) is 4.79 Å². The molecule has 7 heteroatoms. The summed E-state index contributed by atoms with van der Waals surface area (Å²) in [5.74, 6) is -1.36. The lowest BCUT2D eigenvalue weighted by molar-refractivity contribution is -0.162. The van der Waals surface area contributed by atoms with E-state index in [0.29, 0.717) is 18.4 Å². The van der Waals surface area contributed by atoms with Crippen LogP contribution in [0.15, 0.2) is 60.2 Å². The summed E-state index contributed by atoms with van der Waals surface area (Å²) in [6, 6.07) is 16.2. The van der Waals surface area contributed by atoms with E-state index < -0.39 is 17.6 Å². The lowest BCUT2D eigenvalue weighted by atomic mass is 9.75. The molecule has 2 aliphatic rings. The number of rotatable bonds is 7. The second kappa shape index (κ2) is 9.10. The molecule has 0 unspecified atom stereocenters. The van der Waals surface area contributed by atoms with E-state index >= 15 is 0 Å².